The van der Waals surface area contributed by atoms with Gasteiger partial charge < -0.3 is 19.3 Å². The van der Waals surface area contributed by atoms with Crippen LogP contribution in [0.3, 0.4) is 0 Å². The third-order valence-electron chi connectivity index (χ3n) is 3.52. The number of tetrazole rings is 1. The molecule has 0 amide bonds. The molecule has 11 heteroatoms. The van der Waals surface area contributed by atoms with Gasteiger partial charge in [-0.2, -0.15) is 4.80 Å². The Balaban J connectivity index is 1.71. The summed E-state index contributed by atoms with van der Waals surface area (Å²) in [6.45, 7) is 2.58. The number of nitrogens with zero attached hydrogens (tertiary/aromatic N) is 6. The van der Waals surface area contributed by atoms with E-state index in [1.165, 1.54) is 18.0 Å². The minimum absolute atomic E-state index is 0.0754. The topological polar surface area (TPSA) is 134 Å². The largest absolute Gasteiger partial charge is 0.464 e. The van der Waals surface area contributed by atoms with Crippen molar-refractivity contribution in [1.82, 2.24) is 30.2 Å². The molecular weight excluding hydrogens is 332 g/mol. The third-order valence-corrected chi connectivity index (χ3v) is 3.52. The minimum atomic E-state index is -0.565. The summed E-state index contributed by atoms with van der Waals surface area (Å²) in [5.41, 5.74) is 0.501. The molecule has 134 valence electrons. The predicted molar refractivity (Wildman–Crippen MR) is 81.5 cm³/mol. The second-order valence-electron chi connectivity index (χ2n) is 5.44. The van der Waals surface area contributed by atoms with Gasteiger partial charge in [0.15, 0.2) is 5.69 Å². The molecule has 1 N–H and O–H groups in total. The summed E-state index contributed by atoms with van der Waals surface area (Å²) < 4.78 is 15.7. The van der Waals surface area contributed by atoms with E-state index in [9.17, 15) is 4.79 Å². The van der Waals surface area contributed by atoms with Crippen molar-refractivity contribution in [2.75, 3.05) is 26.9 Å². The number of aromatic nitrogens is 6. The molecule has 1 aliphatic heterocycles. The lowest BCUT2D eigenvalue weighted by atomic mass is 10.3. The molecule has 3 rings (SSSR count). The van der Waals surface area contributed by atoms with Gasteiger partial charge in [0.1, 0.15) is 23.7 Å². The fourth-order valence-electron chi connectivity index (χ4n) is 2.29. The lowest BCUT2D eigenvalue weighted by molar-refractivity contribution is -0.150. The fourth-order valence-corrected chi connectivity index (χ4v) is 2.29. The van der Waals surface area contributed by atoms with Crippen molar-refractivity contribution in [2.24, 2.45) is 0 Å². The Bertz CT molecular complexity index is 743. The van der Waals surface area contributed by atoms with Gasteiger partial charge in [-0.1, -0.05) is 0 Å². The van der Waals surface area contributed by atoms with Crippen LogP contribution >= 0.6 is 0 Å². The molecule has 25 heavy (non-hydrogen) atoms. The fraction of sp³-hybridized carbons (Fsp3) is 0.571. The summed E-state index contributed by atoms with van der Waals surface area (Å²) >= 11 is 0. The normalized spacial score (nSPS) is 20.4. The van der Waals surface area contributed by atoms with Crippen LogP contribution in [0.5, 0.6) is 0 Å². The smallest absolute Gasteiger partial charge is 0.356 e. The van der Waals surface area contributed by atoms with Gasteiger partial charge in [-0.15, -0.1) is 10.2 Å². The Kier molecular flexibility index (Phi) is 5.26. The van der Waals surface area contributed by atoms with Crippen LogP contribution in [0.15, 0.2) is 6.07 Å². The number of carbonyl (C=O) groups excluding carboxylic acids is 1. The highest BCUT2D eigenvalue weighted by atomic mass is 16.6. The summed E-state index contributed by atoms with van der Waals surface area (Å²) in [6.07, 6.45) is -0.529. The van der Waals surface area contributed by atoms with Crippen LogP contribution in [-0.2, 0) is 20.8 Å². The number of methoxy groups -OCH3 is 1. The zero-order chi connectivity index (χ0) is 17.8. The number of carbonyl (C=O) groups is 1. The number of aliphatic hydroxyl groups is 1. The Labute approximate surface area is 142 Å². The zero-order valence-electron chi connectivity index (χ0n) is 13.8. The molecule has 2 aromatic rings. The Morgan fingerprint density at radius 2 is 2.12 bits per heavy atom. The standard InChI is InChI=1S/C14H18N6O5/c1-8-15-11(3-12(16-8)14(22)23-2)13-17-19-20(18-13)4-9-6-25-10(5-21)7-24-9/h3,9-10,21H,4-7H2,1-2H3/t9-,10?/m0/s1. The van der Waals surface area contributed by atoms with E-state index in [1.54, 1.807) is 6.92 Å². The lowest BCUT2D eigenvalue weighted by Gasteiger charge is -2.27. The molecule has 0 bridgehead atoms. The Morgan fingerprint density at radius 1 is 1.36 bits per heavy atom. The van der Waals surface area contributed by atoms with Gasteiger partial charge in [0.2, 0.25) is 5.82 Å². The van der Waals surface area contributed by atoms with Crippen LogP contribution in [0.25, 0.3) is 11.5 Å². The highest BCUT2D eigenvalue weighted by molar-refractivity contribution is 5.88. The molecule has 1 saturated heterocycles. The van der Waals surface area contributed by atoms with Crippen molar-refractivity contribution in [3.8, 4) is 11.5 Å². The van der Waals surface area contributed by atoms with Crippen LogP contribution in [0, 0.1) is 6.92 Å². The first-order valence-corrected chi connectivity index (χ1v) is 7.65. The van der Waals surface area contributed by atoms with Gasteiger partial charge in [-0.05, 0) is 12.1 Å². The molecule has 1 aliphatic rings. The van der Waals surface area contributed by atoms with E-state index in [2.05, 4.69) is 30.1 Å². The summed E-state index contributed by atoms with van der Waals surface area (Å²) in [4.78, 5) is 21.3. The minimum Gasteiger partial charge on any atom is -0.464 e. The summed E-state index contributed by atoms with van der Waals surface area (Å²) in [6, 6.07) is 1.45. The van der Waals surface area contributed by atoms with E-state index in [-0.39, 0.29) is 30.3 Å². The van der Waals surface area contributed by atoms with Gasteiger partial charge >= 0.3 is 5.97 Å². The molecule has 1 fully saturated rings. The summed E-state index contributed by atoms with van der Waals surface area (Å²) in [5, 5.41) is 21.2. The molecule has 0 aromatic carbocycles. The molecule has 3 heterocycles. The van der Waals surface area contributed by atoms with Crippen molar-refractivity contribution in [1.29, 1.82) is 0 Å². The monoisotopic (exact) mass is 350 g/mol. The molecule has 11 nitrogen and oxygen atoms in total. The predicted octanol–water partition coefficient (Wildman–Crippen LogP) is -0.999. The molecule has 0 radical (unpaired) electrons. The van der Waals surface area contributed by atoms with Crippen molar-refractivity contribution in [3.63, 3.8) is 0 Å². The number of esters is 1. The first-order chi connectivity index (χ1) is 12.1. The lowest BCUT2D eigenvalue weighted by Crippen LogP contribution is -2.40. The highest BCUT2D eigenvalue weighted by Crippen LogP contribution is 2.14. The maximum Gasteiger partial charge on any atom is 0.356 e. The van der Waals surface area contributed by atoms with Crippen LogP contribution in [-0.4, -0.2) is 80.4 Å². The highest BCUT2D eigenvalue weighted by Gasteiger charge is 2.23. The molecule has 0 spiro atoms. The molecule has 2 aromatic heterocycles. The van der Waals surface area contributed by atoms with E-state index in [0.29, 0.717) is 31.3 Å². The van der Waals surface area contributed by atoms with Gasteiger partial charge in [-0.25, -0.2) is 14.8 Å². The van der Waals surface area contributed by atoms with Gasteiger partial charge in [-0.3, -0.25) is 0 Å². The third kappa shape index (κ3) is 4.13. The molecule has 0 saturated carbocycles. The SMILES string of the molecule is COC(=O)c1cc(-c2nnn(C[C@H]3COC(CO)CO3)n2)nc(C)n1. The number of hydrogen-bond donors (Lipinski definition) is 1. The first-order valence-electron chi connectivity index (χ1n) is 7.65. The average molecular weight is 350 g/mol. The van der Waals surface area contributed by atoms with Crippen molar-refractivity contribution in [2.45, 2.75) is 25.7 Å². The van der Waals surface area contributed by atoms with Crippen molar-refractivity contribution < 1.29 is 24.1 Å². The van der Waals surface area contributed by atoms with Crippen LogP contribution in [0.2, 0.25) is 0 Å². The Hall–Kier alpha value is -2.50. The quantitative estimate of drug-likeness (QED) is 0.669. The van der Waals surface area contributed by atoms with E-state index in [4.69, 9.17) is 14.6 Å². The van der Waals surface area contributed by atoms with E-state index in [0.717, 1.165) is 0 Å². The van der Waals surface area contributed by atoms with Crippen LogP contribution < -0.4 is 0 Å². The molecule has 1 unspecified atom stereocenters. The maximum absolute atomic E-state index is 11.6. The number of ether oxygens (including phenoxy) is 3. The van der Waals surface area contributed by atoms with Gasteiger partial charge in [0.05, 0.1) is 33.5 Å². The van der Waals surface area contributed by atoms with Crippen molar-refractivity contribution in [3.05, 3.63) is 17.6 Å². The maximum atomic E-state index is 11.6. The first kappa shape index (κ1) is 17.3. The van der Waals surface area contributed by atoms with E-state index < -0.39 is 5.97 Å². The van der Waals surface area contributed by atoms with Crippen LogP contribution in [0.1, 0.15) is 16.3 Å². The van der Waals surface area contributed by atoms with Gasteiger partial charge in [0.25, 0.3) is 0 Å². The molecular formula is C14H18N6O5. The summed E-state index contributed by atoms with van der Waals surface area (Å²) in [7, 11) is 1.28. The van der Waals surface area contributed by atoms with Crippen LogP contribution in [0.4, 0.5) is 0 Å². The number of aliphatic hydroxyl groups excluding tert-OH is 1. The average Bonchev–Trinajstić information content (AvgIpc) is 3.09. The number of hydrogen-bond acceptors (Lipinski definition) is 10. The Morgan fingerprint density at radius 3 is 2.80 bits per heavy atom. The number of rotatable bonds is 5. The second-order valence-corrected chi connectivity index (χ2v) is 5.44. The zero-order valence-corrected chi connectivity index (χ0v) is 13.8. The van der Waals surface area contributed by atoms with E-state index >= 15 is 0 Å². The van der Waals surface area contributed by atoms with Crippen molar-refractivity contribution >= 4 is 5.97 Å². The van der Waals surface area contributed by atoms with Gasteiger partial charge in [0, 0.05) is 6.07 Å². The molecule has 2 atom stereocenters. The van der Waals surface area contributed by atoms with E-state index in [1.807, 2.05) is 0 Å². The molecule has 0 aliphatic carbocycles. The summed E-state index contributed by atoms with van der Waals surface area (Å²) in [5.74, 6) is 0.0965. The number of aryl methyl sites for hydroxylation is 1. The second kappa shape index (κ2) is 7.59.